The zero-order chi connectivity index (χ0) is 14.9. The van der Waals surface area contributed by atoms with Crippen LogP contribution in [-0.4, -0.2) is 0 Å². The van der Waals surface area contributed by atoms with Crippen molar-refractivity contribution in [1.29, 1.82) is 0 Å². The van der Waals surface area contributed by atoms with Gasteiger partial charge in [0.1, 0.15) is 11.5 Å². The Morgan fingerprint density at radius 1 is 0.667 bits per heavy atom. The number of rotatable bonds is 2. The fraction of sp³-hybridized carbons (Fsp3) is 0.0526. The summed E-state index contributed by atoms with van der Waals surface area (Å²) in [6, 6.07) is 27.3. The minimum atomic E-state index is 0.794. The minimum absolute atomic E-state index is 0.794. The molecule has 3 rings (SSSR count). The Kier molecular flexibility index (Phi) is 5.86. The second-order valence-corrected chi connectivity index (χ2v) is 4.96. The van der Waals surface area contributed by atoms with Crippen LogP contribution in [0.15, 0.2) is 84.9 Å². The number of hydrogen-bond acceptors (Lipinski definition) is 1. The van der Waals surface area contributed by atoms with Gasteiger partial charge in [0.05, 0.1) is 0 Å². The predicted octanol–water partition coefficient (Wildman–Crippen LogP) is 6.13. The van der Waals surface area contributed by atoms with Gasteiger partial charge in [-0.1, -0.05) is 60.1 Å². The number of hydrogen-bond donors (Lipinski definition) is 0. The lowest BCUT2D eigenvalue weighted by atomic mass is 10.2. The van der Waals surface area contributed by atoms with Crippen LogP contribution in [0.1, 0.15) is 5.56 Å². The van der Waals surface area contributed by atoms with Crippen molar-refractivity contribution in [1.82, 2.24) is 0 Å². The van der Waals surface area contributed by atoms with Gasteiger partial charge >= 0.3 is 0 Å². The van der Waals surface area contributed by atoms with Gasteiger partial charge in [0, 0.05) is 5.02 Å². The van der Waals surface area contributed by atoms with Gasteiger partial charge in [0.15, 0.2) is 0 Å². The summed E-state index contributed by atoms with van der Waals surface area (Å²) < 4.78 is 5.66. The van der Waals surface area contributed by atoms with Crippen LogP contribution in [0.2, 0.25) is 5.02 Å². The molecule has 1 nitrogen and oxygen atoms in total. The molecule has 0 bridgehead atoms. The molecule has 0 spiro atoms. The van der Waals surface area contributed by atoms with E-state index in [0.717, 1.165) is 16.5 Å². The molecule has 0 aliphatic carbocycles. The zero-order valence-corrected chi connectivity index (χ0v) is 12.6. The van der Waals surface area contributed by atoms with Crippen molar-refractivity contribution in [2.24, 2.45) is 0 Å². The molecule has 21 heavy (non-hydrogen) atoms. The molecule has 0 atom stereocenters. The van der Waals surface area contributed by atoms with E-state index in [9.17, 15) is 0 Å². The molecule has 0 aromatic heterocycles. The van der Waals surface area contributed by atoms with E-state index in [2.05, 4.69) is 13.0 Å². The first-order valence-electron chi connectivity index (χ1n) is 6.74. The highest BCUT2D eigenvalue weighted by Crippen LogP contribution is 2.21. The minimum Gasteiger partial charge on any atom is -0.457 e. The van der Waals surface area contributed by atoms with Crippen molar-refractivity contribution >= 4 is 11.6 Å². The number of para-hydroxylation sites is 1. The largest absolute Gasteiger partial charge is 0.457 e. The molecule has 0 aliphatic rings. The molecule has 3 aromatic rings. The van der Waals surface area contributed by atoms with Gasteiger partial charge in [0.25, 0.3) is 0 Å². The SMILES string of the molecule is Cc1cccc(Oc2ccccc2)c1.Clc1ccccc1. The van der Waals surface area contributed by atoms with E-state index in [1.54, 1.807) is 0 Å². The molecule has 0 saturated heterocycles. The Balaban J connectivity index is 0.000000194. The van der Waals surface area contributed by atoms with Crippen LogP contribution in [-0.2, 0) is 0 Å². The molecular weight excluding hydrogens is 280 g/mol. The second-order valence-electron chi connectivity index (χ2n) is 4.53. The smallest absolute Gasteiger partial charge is 0.127 e. The first-order valence-corrected chi connectivity index (χ1v) is 7.12. The van der Waals surface area contributed by atoms with E-state index in [1.807, 2.05) is 78.9 Å². The zero-order valence-electron chi connectivity index (χ0n) is 11.9. The van der Waals surface area contributed by atoms with Crippen LogP contribution in [0.4, 0.5) is 0 Å². The predicted molar refractivity (Wildman–Crippen MR) is 89.1 cm³/mol. The summed E-state index contributed by atoms with van der Waals surface area (Å²) in [5.74, 6) is 1.76. The molecule has 3 aromatic carbocycles. The molecule has 0 aliphatic heterocycles. The Bertz CT molecular complexity index is 651. The lowest BCUT2D eigenvalue weighted by Crippen LogP contribution is -1.83. The monoisotopic (exact) mass is 296 g/mol. The van der Waals surface area contributed by atoms with Crippen LogP contribution in [0.25, 0.3) is 0 Å². The number of benzene rings is 3. The van der Waals surface area contributed by atoms with Crippen molar-refractivity contribution < 1.29 is 4.74 Å². The molecule has 106 valence electrons. The van der Waals surface area contributed by atoms with Crippen molar-refractivity contribution in [2.75, 3.05) is 0 Å². The summed E-state index contributed by atoms with van der Waals surface area (Å²) in [5, 5.41) is 0.794. The lowest BCUT2D eigenvalue weighted by Gasteiger charge is -2.05. The van der Waals surface area contributed by atoms with Crippen LogP contribution in [0.3, 0.4) is 0 Å². The molecule has 0 N–H and O–H groups in total. The fourth-order valence-electron chi connectivity index (χ4n) is 1.72. The van der Waals surface area contributed by atoms with E-state index in [4.69, 9.17) is 16.3 Å². The second kappa shape index (κ2) is 8.13. The van der Waals surface area contributed by atoms with Gasteiger partial charge < -0.3 is 4.74 Å². The first kappa shape index (κ1) is 15.1. The average molecular weight is 297 g/mol. The molecule has 2 heteroatoms. The maximum atomic E-state index is 5.66. The maximum Gasteiger partial charge on any atom is 0.127 e. The van der Waals surface area contributed by atoms with Gasteiger partial charge in [-0.3, -0.25) is 0 Å². The number of aryl methyl sites for hydroxylation is 1. The fourth-order valence-corrected chi connectivity index (χ4v) is 1.86. The Morgan fingerprint density at radius 2 is 1.24 bits per heavy atom. The molecule has 0 amide bonds. The maximum absolute atomic E-state index is 5.66. The van der Waals surface area contributed by atoms with Gasteiger partial charge in [-0.05, 0) is 48.9 Å². The molecule has 0 heterocycles. The van der Waals surface area contributed by atoms with Crippen molar-refractivity contribution in [3.8, 4) is 11.5 Å². The van der Waals surface area contributed by atoms with Crippen LogP contribution in [0, 0.1) is 6.92 Å². The number of halogens is 1. The van der Waals surface area contributed by atoms with Crippen molar-refractivity contribution in [3.63, 3.8) is 0 Å². The van der Waals surface area contributed by atoms with E-state index in [0.29, 0.717) is 0 Å². The highest BCUT2D eigenvalue weighted by Gasteiger charge is 1.95. The summed E-state index contributed by atoms with van der Waals surface area (Å²) in [7, 11) is 0. The summed E-state index contributed by atoms with van der Waals surface area (Å²) >= 11 is 5.54. The summed E-state index contributed by atoms with van der Waals surface area (Å²) in [6.07, 6.45) is 0. The topological polar surface area (TPSA) is 9.23 Å². The third-order valence-electron chi connectivity index (χ3n) is 2.70. The van der Waals surface area contributed by atoms with E-state index < -0.39 is 0 Å². The molecule has 0 fully saturated rings. The molecule has 0 saturated carbocycles. The van der Waals surface area contributed by atoms with Gasteiger partial charge in [-0.2, -0.15) is 0 Å². The van der Waals surface area contributed by atoms with E-state index in [-0.39, 0.29) is 0 Å². The highest BCUT2D eigenvalue weighted by molar-refractivity contribution is 6.30. The van der Waals surface area contributed by atoms with Crippen molar-refractivity contribution in [3.05, 3.63) is 95.5 Å². The molecular formula is C19H17ClO. The van der Waals surface area contributed by atoms with Crippen LogP contribution in [0.5, 0.6) is 11.5 Å². The van der Waals surface area contributed by atoms with Crippen molar-refractivity contribution in [2.45, 2.75) is 6.92 Å². The first-order chi connectivity index (χ1) is 10.2. The number of ether oxygens (including phenoxy) is 1. The third-order valence-corrected chi connectivity index (χ3v) is 2.95. The Labute approximate surface area is 130 Å². The van der Waals surface area contributed by atoms with Crippen LogP contribution < -0.4 is 4.74 Å². The highest BCUT2D eigenvalue weighted by atomic mass is 35.5. The lowest BCUT2D eigenvalue weighted by molar-refractivity contribution is 0.482. The Morgan fingerprint density at radius 3 is 1.76 bits per heavy atom. The average Bonchev–Trinajstić information content (AvgIpc) is 2.50. The van der Waals surface area contributed by atoms with Gasteiger partial charge in [-0.15, -0.1) is 0 Å². The van der Waals surface area contributed by atoms with Crippen LogP contribution >= 0.6 is 11.6 Å². The summed E-state index contributed by atoms with van der Waals surface area (Å²) in [6.45, 7) is 2.05. The van der Waals surface area contributed by atoms with E-state index in [1.165, 1.54) is 5.56 Å². The standard InChI is InChI=1S/C13H12O.C6H5Cl/c1-11-6-5-9-13(10-11)14-12-7-3-2-4-8-12;7-6-4-2-1-3-5-6/h2-10H,1H3;1-5H. The van der Waals surface area contributed by atoms with Gasteiger partial charge in [-0.25, -0.2) is 0 Å². The molecule has 0 unspecified atom stereocenters. The van der Waals surface area contributed by atoms with Gasteiger partial charge in [0.2, 0.25) is 0 Å². The van der Waals surface area contributed by atoms with E-state index >= 15 is 0 Å². The normalized spacial score (nSPS) is 9.43. The third kappa shape index (κ3) is 5.72. The Hall–Kier alpha value is -2.25. The quantitative estimate of drug-likeness (QED) is 0.553. The molecule has 0 radical (unpaired) electrons. The summed E-state index contributed by atoms with van der Waals surface area (Å²) in [5.41, 5.74) is 1.21. The summed E-state index contributed by atoms with van der Waals surface area (Å²) in [4.78, 5) is 0.